The van der Waals surface area contributed by atoms with Crippen LogP contribution < -0.4 is 0 Å². The first-order chi connectivity index (χ1) is 9.27. The van der Waals surface area contributed by atoms with Crippen molar-refractivity contribution in [3.05, 3.63) is 53.9 Å². The van der Waals surface area contributed by atoms with E-state index < -0.39 is 5.97 Å². The fraction of sp³-hybridized carbons (Fsp3) is 0.250. The number of aromatic carboxylic acids is 1. The van der Waals surface area contributed by atoms with Gasteiger partial charge >= 0.3 is 5.97 Å². The van der Waals surface area contributed by atoms with Crippen LogP contribution in [0.2, 0.25) is 0 Å². The summed E-state index contributed by atoms with van der Waals surface area (Å²) in [6.07, 6.45) is 5.18. The maximum Gasteiger partial charge on any atom is 0.355 e. The number of carboxylic acid groups (broad SMARTS) is 1. The van der Waals surface area contributed by atoms with Crippen LogP contribution >= 0.6 is 0 Å². The molecule has 3 heteroatoms. The molecule has 0 aliphatic heterocycles. The first-order valence-corrected chi connectivity index (χ1v) is 6.55. The third-order valence-corrected chi connectivity index (χ3v) is 3.81. The highest BCUT2D eigenvalue weighted by molar-refractivity contribution is 5.94. The number of rotatable bonds is 3. The Morgan fingerprint density at radius 3 is 2.53 bits per heavy atom. The van der Waals surface area contributed by atoms with Crippen molar-refractivity contribution in [2.45, 2.75) is 25.2 Å². The van der Waals surface area contributed by atoms with Crippen molar-refractivity contribution >= 4 is 5.97 Å². The van der Waals surface area contributed by atoms with Crippen molar-refractivity contribution in [3.63, 3.8) is 0 Å². The summed E-state index contributed by atoms with van der Waals surface area (Å²) < 4.78 is 0. The minimum absolute atomic E-state index is 0.134. The third kappa shape index (κ3) is 2.12. The lowest BCUT2D eigenvalue weighted by Gasteiger charge is -2.28. The van der Waals surface area contributed by atoms with Crippen molar-refractivity contribution in [2.75, 3.05) is 0 Å². The number of aromatic nitrogens is 1. The van der Waals surface area contributed by atoms with Gasteiger partial charge in [-0.15, -0.1) is 0 Å². The molecule has 0 amide bonds. The molecule has 1 fully saturated rings. The molecule has 1 aliphatic carbocycles. The van der Waals surface area contributed by atoms with Crippen molar-refractivity contribution < 1.29 is 9.90 Å². The van der Waals surface area contributed by atoms with E-state index in [-0.39, 0.29) is 5.69 Å². The van der Waals surface area contributed by atoms with E-state index in [0.29, 0.717) is 5.92 Å². The molecule has 1 saturated carbocycles. The molecule has 0 saturated heterocycles. The Bertz CT molecular complexity index is 618. The summed E-state index contributed by atoms with van der Waals surface area (Å²) in [6, 6.07) is 11.7. The van der Waals surface area contributed by atoms with Crippen molar-refractivity contribution in [1.82, 2.24) is 4.98 Å². The number of nitrogens with zero attached hydrogens (tertiary/aromatic N) is 1. The van der Waals surface area contributed by atoms with Gasteiger partial charge in [0.05, 0.1) is 0 Å². The van der Waals surface area contributed by atoms with Crippen LogP contribution in [0.1, 0.15) is 41.2 Å². The predicted molar refractivity (Wildman–Crippen MR) is 73.2 cm³/mol. The van der Waals surface area contributed by atoms with Gasteiger partial charge in [-0.2, -0.15) is 0 Å². The molecule has 19 heavy (non-hydrogen) atoms. The smallest absolute Gasteiger partial charge is 0.355 e. The summed E-state index contributed by atoms with van der Waals surface area (Å²) in [5.74, 6) is -0.405. The number of hydrogen-bond acceptors (Lipinski definition) is 2. The molecule has 0 atom stereocenters. The van der Waals surface area contributed by atoms with Gasteiger partial charge in [0, 0.05) is 11.8 Å². The standard InChI is InChI=1S/C16H15NO2/c18-16(19)15-14(9-4-10-17-15)13-8-2-1-7-12(13)11-5-3-6-11/h1-2,4,7-11H,3,5-6H2,(H,18,19). The molecular formula is C16H15NO2. The SMILES string of the molecule is O=C(O)c1ncccc1-c1ccccc1C1CCC1. The van der Waals surface area contributed by atoms with E-state index in [4.69, 9.17) is 0 Å². The summed E-state index contributed by atoms with van der Waals surface area (Å²) >= 11 is 0. The maximum atomic E-state index is 11.3. The molecule has 2 aromatic rings. The van der Waals surface area contributed by atoms with E-state index >= 15 is 0 Å². The molecule has 96 valence electrons. The fourth-order valence-electron chi connectivity index (χ4n) is 2.61. The van der Waals surface area contributed by atoms with Gasteiger partial charge in [-0.05, 0) is 36.0 Å². The number of pyridine rings is 1. The highest BCUT2D eigenvalue weighted by atomic mass is 16.4. The van der Waals surface area contributed by atoms with Crippen molar-refractivity contribution in [1.29, 1.82) is 0 Å². The average Bonchev–Trinajstić information content (AvgIpc) is 2.37. The zero-order valence-electron chi connectivity index (χ0n) is 10.5. The van der Waals surface area contributed by atoms with Crippen LogP contribution in [0.3, 0.4) is 0 Å². The molecule has 1 aromatic heterocycles. The van der Waals surface area contributed by atoms with Crippen LogP contribution in [0.25, 0.3) is 11.1 Å². The molecule has 1 heterocycles. The second-order valence-corrected chi connectivity index (χ2v) is 4.92. The maximum absolute atomic E-state index is 11.3. The van der Waals surface area contributed by atoms with E-state index in [2.05, 4.69) is 11.1 Å². The Hall–Kier alpha value is -2.16. The molecule has 0 spiro atoms. The minimum Gasteiger partial charge on any atom is -0.476 e. The zero-order valence-corrected chi connectivity index (χ0v) is 10.5. The Morgan fingerprint density at radius 1 is 1.11 bits per heavy atom. The lowest BCUT2D eigenvalue weighted by atomic mass is 9.77. The molecule has 3 nitrogen and oxygen atoms in total. The van der Waals surface area contributed by atoms with Gasteiger partial charge < -0.3 is 5.11 Å². The van der Waals surface area contributed by atoms with E-state index in [1.165, 1.54) is 31.0 Å². The largest absolute Gasteiger partial charge is 0.476 e. The molecule has 1 aromatic carbocycles. The van der Waals surface area contributed by atoms with Gasteiger partial charge in [-0.25, -0.2) is 9.78 Å². The molecule has 1 N–H and O–H groups in total. The molecule has 0 radical (unpaired) electrons. The minimum atomic E-state index is -0.973. The first-order valence-electron chi connectivity index (χ1n) is 6.55. The van der Waals surface area contributed by atoms with Crippen molar-refractivity contribution in [3.8, 4) is 11.1 Å². The van der Waals surface area contributed by atoms with E-state index in [9.17, 15) is 9.90 Å². The van der Waals surface area contributed by atoms with Gasteiger partial charge in [-0.1, -0.05) is 36.8 Å². The summed E-state index contributed by atoms with van der Waals surface area (Å²) in [5, 5.41) is 9.27. The zero-order chi connectivity index (χ0) is 13.2. The van der Waals surface area contributed by atoms with Crippen LogP contribution in [-0.2, 0) is 0 Å². The Balaban J connectivity index is 2.14. The third-order valence-electron chi connectivity index (χ3n) is 3.81. The molecule has 1 aliphatic rings. The summed E-state index contributed by atoms with van der Waals surface area (Å²) in [5.41, 5.74) is 3.12. The monoisotopic (exact) mass is 253 g/mol. The van der Waals surface area contributed by atoms with Gasteiger partial charge in [-0.3, -0.25) is 0 Å². The van der Waals surface area contributed by atoms with Crippen LogP contribution in [0.5, 0.6) is 0 Å². The first kappa shape index (κ1) is 11.9. The van der Waals surface area contributed by atoms with Crippen LogP contribution in [-0.4, -0.2) is 16.1 Å². The normalized spacial score (nSPS) is 14.9. The van der Waals surface area contributed by atoms with Crippen molar-refractivity contribution in [2.24, 2.45) is 0 Å². The van der Waals surface area contributed by atoms with Crippen LogP contribution in [0.4, 0.5) is 0 Å². The molecule has 0 bridgehead atoms. The summed E-state index contributed by atoms with van der Waals surface area (Å²) in [6.45, 7) is 0. The number of carbonyl (C=O) groups is 1. The Labute approximate surface area is 111 Å². The molecule has 3 rings (SSSR count). The average molecular weight is 253 g/mol. The summed E-state index contributed by atoms with van der Waals surface area (Å²) in [7, 11) is 0. The number of hydrogen-bond donors (Lipinski definition) is 1. The highest BCUT2D eigenvalue weighted by Crippen LogP contribution is 2.41. The quantitative estimate of drug-likeness (QED) is 0.907. The molecule has 0 unspecified atom stereocenters. The van der Waals surface area contributed by atoms with Gasteiger partial charge in [0.25, 0.3) is 0 Å². The van der Waals surface area contributed by atoms with Gasteiger partial charge in [0.1, 0.15) is 0 Å². The highest BCUT2D eigenvalue weighted by Gasteiger charge is 2.24. The predicted octanol–water partition coefficient (Wildman–Crippen LogP) is 3.71. The fourth-order valence-corrected chi connectivity index (χ4v) is 2.61. The number of carboxylic acids is 1. The topological polar surface area (TPSA) is 50.2 Å². The lowest BCUT2D eigenvalue weighted by molar-refractivity contribution is 0.0691. The van der Waals surface area contributed by atoms with E-state index in [0.717, 1.165) is 11.1 Å². The second kappa shape index (κ2) is 4.84. The molecular weight excluding hydrogens is 238 g/mol. The van der Waals surface area contributed by atoms with Crippen LogP contribution in [0.15, 0.2) is 42.6 Å². The van der Waals surface area contributed by atoms with Gasteiger partial charge in [0.15, 0.2) is 5.69 Å². The van der Waals surface area contributed by atoms with Crippen LogP contribution in [0, 0.1) is 0 Å². The summed E-state index contributed by atoms with van der Waals surface area (Å²) in [4.78, 5) is 15.3. The van der Waals surface area contributed by atoms with Gasteiger partial charge in [0.2, 0.25) is 0 Å². The van der Waals surface area contributed by atoms with E-state index in [1.807, 2.05) is 24.3 Å². The van der Waals surface area contributed by atoms with E-state index in [1.54, 1.807) is 6.07 Å². The lowest BCUT2D eigenvalue weighted by Crippen LogP contribution is -2.11. The number of benzene rings is 1. The Kier molecular flexibility index (Phi) is 3.03. The second-order valence-electron chi connectivity index (χ2n) is 4.92. The Morgan fingerprint density at radius 2 is 1.84 bits per heavy atom.